The molecule has 21 heavy (non-hydrogen) atoms. The molecule has 2 rings (SSSR count). The van der Waals surface area contributed by atoms with Crippen LogP contribution in [-0.4, -0.2) is 12.2 Å². The van der Waals surface area contributed by atoms with E-state index in [0.717, 1.165) is 16.9 Å². The van der Waals surface area contributed by atoms with E-state index < -0.39 is 0 Å². The Kier molecular flexibility index (Phi) is 4.93. The molecule has 0 amide bonds. The second kappa shape index (κ2) is 7.09. The van der Waals surface area contributed by atoms with Crippen molar-refractivity contribution in [1.82, 2.24) is 0 Å². The smallest absolute Gasteiger partial charge is 0.256 e. The quantitative estimate of drug-likeness (QED) is 0.418. The molecule has 5 nitrogen and oxygen atoms in total. The first kappa shape index (κ1) is 14.6. The number of nitrogens with one attached hydrogen (secondary N) is 1. The molecule has 0 heterocycles. The summed E-state index contributed by atoms with van der Waals surface area (Å²) in [6.07, 6.45) is 1.70. The molecule has 0 saturated heterocycles. The SMILES string of the molecule is Cc1ccc(COc2ccc(/C=[NH+]\N=C(N)N)cc2)cc1. The second-order valence-corrected chi connectivity index (χ2v) is 4.65. The summed E-state index contributed by atoms with van der Waals surface area (Å²) in [5, 5.41) is 6.32. The number of guanidine groups is 1. The van der Waals surface area contributed by atoms with Gasteiger partial charge in [0.1, 0.15) is 12.4 Å². The number of aryl methyl sites for hydroxylation is 1. The third-order valence-corrected chi connectivity index (χ3v) is 2.83. The molecule has 0 aromatic heterocycles. The lowest BCUT2D eigenvalue weighted by molar-refractivity contribution is -0.456. The summed E-state index contributed by atoms with van der Waals surface area (Å²) in [4.78, 5) is 0. The maximum absolute atomic E-state index is 5.73. The molecule has 2 aromatic rings. The van der Waals surface area contributed by atoms with Crippen LogP contribution in [0.4, 0.5) is 0 Å². The van der Waals surface area contributed by atoms with Crippen molar-refractivity contribution in [2.24, 2.45) is 16.6 Å². The van der Waals surface area contributed by atoms with Crippen molar-refractivity contribution in [2.45, 2.75) is 13.5 Å². The highest BCUT2D eigenvalue weighted by molar-refractivity contribution is 5.77. The van der Waals surface area contributed by atoms with Gasteiger partial charge in [0, 0.05) is 10.7 Å². The lowest BCUT2D eigenvalue weighted by Gasteiger charge is -2.06. The Morgan fingerprint density at radius 1 is 1.10 bits per heavy atom. The molecule has 0 fully saturated rings. The van der Waals surface area contributed by atoms with Gasteiger partial charge in [0.2, 0.25) is 6.21 Å². The summed E-state index contributed by atoms with van der Waals surface area (Å²) in [6, 6.07) is 15.9. The van der Waals surface area contributed by atoms with E-state index in [1.54, 1.807) is 6.21 Å². The average Bonchev–Trinajstić information content (AvgIpc) is 2.48. The molecular weight excluding hydrogens is 264 g/mol. The number of hydrazone groups is 1. The number of ether oxygens (including phenoxy) is 1. The van der Waals surface area contributed by atoms with E-state index >= 15 is 0 Å². The summed E-state index contributed by atoms with van der Waals surface area (Å²) >= 11 is 0. The molecule has 0 bridgehead atoms. The van der Waals surface area contributed by atoms with Crippen molar-refractivity contribution < 1.29 is 9.84 Å². The van der Waals surface area contributed by atoms with Gasteiger partial charge in [-0.15, -0.1) is 5.10 Å². The molecule has 0 atom stereocenters. The molecule has 0 radical (unpaired) electrons. The van der Waals surface area contributed by atoms with Gasteiger partial charge in [-0.05, 0) is 36.8 Å². The summed E-state index contributed by atoms with van der Waals surface area (Å²) in [6.45, 7) is 2.62. The first-order valence-corrected chi connectivity index (χ1v) is 6.59. The number of hydrogen-bond acceptors (Lipinski definition) is 2. The third-order valence-electron chi connectivity index (χ3n) is 2.83. The number of nitrogens with zero attached hydrogens (tertiary/aromatic N) is 1. The number of benzene rings is 2. The largest absolute Gasteiger partial charge is 0.489 e. The monoisotopic (exact) mass is 283 g/mol. The van der Waals surface area contributed by atoms with Crippen LogP contribution in [0.25, 0.3) is 0 Å². The Bertz CT molecular complexity index is 626. The van der Waals surface area contributed by atoms with Crippen molar-refractivity contribution in [3.05, 3.63) is 65.2 Å². The maximum atomic E-state index is 5.73. The van der Waals surface area contributed by atoms with Crippen LogP contribution >= 0.6 is 0 Å². The van der Waals surface area contributed by atoms with Crippen molar-refractivity contribution in [3.63, 3.8) is 0 Å². The fraction of sp³-hybridized carbons (Fsp3) is 0.125. The Morgan fingerprint density at radius 2 is 1.76 bits per heavy atom. The Morgan fingerprint density at radius 3 is 2.38 bits per heavy atom. The molecule has 0 aliphatic heterocycles. The Balaban J connectivity index is 1.91. The average molecular weight is 283 g/mol. The molecule has 2 aromatic carbocycles. The van der Waals surface area contributed by atoms with Gasteiger partial charge < -0.3 is 16.2 Å². The van der Waals surface area contributed by atoms with Gasteiger partial charge in [0.05, 0.1) is 0 Å². The minimum Gasteiger partial charge on any atom is -0.489 e. The summed E-state index contributed by atoms with van der Waals surface area (Å²) in [7, 11) is 0. The standard InChI is InChI=1S/C16H18N4O/c1-12-2-4-14(5-3-12)11-21-15-8-6-13(7-9-15)10-19-20-16(17)18/h2-10H,11H2,1H3,(H4,17,18,20)/p+1/b19-10-. The highest BCUT2D eigenvalue weighted by Crippen LogP contribution is 2.13. The number of hydrogen-bond donors (Lipinski definition) is 3. The fourth-order valence-electron chi connectivity index (χ4n) is 1.69. The van der Waals surface area contributed by atoms with E-state index in [1.165, 1.54) is 5.56 Å². The van der Waals surface area contributed by atoms with Crippen LogP contribution in [0, 0.1) is 6.92 Å². The van der Waals surface area contributed by atoms with Gasteiger partial charge >= 0.3 is 0 Å². The lowest BCUT2D eigenvalue weighted by atomic mass is 10.2. The van der Waals surface area contributed by atoms with E-state index in [9.17, 15) is 0 Å². The fourth-order valence-corrected chi connectivity index (χ4v) is 1.69. The zero-order valence-corrected chi connectivity index (χ0v) is 11.9. The summed E-state index contributed by atoms with van der Waals surface area (Å²) < 4.78 is 5.73. The van der Waals surface area contributed by atoms with Gasteiger partial charge in [-0.3, -0.25) is 0 Å². The van der Waals surface area contributed by atoms with Crippen LogP contribution in [0.1, 0.15) is 16.7 Å². The van der Waals surface area contributed by atoms with E-state index in [2.05, 4.69) is 41.4 Å². The molecule has 0 saturated carbocycles. The zero-order chi connectivity index (χ0) is 15.1. The van der Waals surface area contributed by atoms with Crippen molar-refractivity contribution in [3.8, 4) is 5.75 Å². The van der Waals surface area contributed by atoms with E-state index in [1.807, 2.05) is 24.3 Å². The molecule has 0 aliphatic carbocycles. The van der Waals surface area contributed by atoms with Crippen molar-refractivity contribution in [2.75, 3.05) is 0 Å². The molecular formula is C16H19N4O+. The van der Waals surface area contributed by atoms with Crippen LogP contribution in [-0.2, 0) is 6.61 Å². The zero-order valence-electron chi connectivity index (χ0n) is 11.9. The van der Waals surface area contributed by atoms with E-state index in [0.29, 0.717) is 6.61 Å². The molecule has 5 heteroatoms. The lowest BCUT2D eigenvalue weighted by Crippen LogP contribution is -2.63. The predicted molar refractivity (Wildman–Crippen MR) is 83.9 cm³/mol. The summed E-state index contributed by atoms with van der Waals surface area (Å²) in [5.74, 6) is 0.805. The molecule has 0 unspecified atom stereocenters. The summed E-state index contributed by atoms with van der Waals surface area (Å²) in [5.41, 5.74) is 13.8. The third kappa shape index (κ3) is 4.99. The van der Waals surface area contributed by atoms with Crippen LogP contribution in [0.5, 0.6) is 5.75 Å². The minimum absolute atomic E-state index is 0.00991. The highest BCUT2D eigenvalue weighted by Gasteiger charge is 1.97. The second-order valence-electron chi connectivity index (χ2n) is 4.65. The molecule has 5 N–H and O–H groups in total. The van der Waals surface area contributed by atoms with Crippen LogP contribution in [0.2, 0.25) is 0 Å². The van der Waals surface area contributed by atoms with Gasteiger partial charge in [-0.25, -0.2) is 0 Å². The van der Waals surface area contributed by atoms with Gasteiger partial charge in [0.15, 0.2) is 0 Å². The van der Waals surface area contributed by atoms with E-state index in [4.69, 9.17) is 16.2 Å². The van der Waals surface area contributed by atoms with Gasteiger partial charge in [-0.1, -0.05) is 29.8 Å². The van der Waals surface area contributed by atoms with Gasteiger partial charge in [-0.2, -0.15) is 0 Å². The number of nitrogens with two attached hydrogens (primary N) is 2. The molecule has 0 spiro atoms. The maximum Gasteiger partial charge on any atom is 0.256 e. The molecule has 0 aliphatic rings. The van der Waals surface area contributed by atoms with Crippen molar-refractivity contribution >= 4 is 12.2 Å². The minimum atomic E-state index is -0.00991. The Hall–Kier alpha value is -2.82. The predicted octanol–water partition coefficient (Wildman–Crippen LogP) is 0.262. The first-order valence-electron chi connectivity index (χ1n) is 6.59. The molecule has 108 valence electrons. The van der Waals surface area contributed by atoms with Crippen LogP contribution in [0.15, 0.2) is 53.6 Å². The number of rotatable bonds is 5. The van der Waals surface area contributed by atoms with Crippen molar-refractivity contribution in [1.29, 1.82) is 0 Å². The topological polar surface area (TPSA) is 87.6 Å². The van der Waals surface area contributed by atoms with Gasteiger partial charge in [0.25, 0.3) is 5.96 Å². The normalized spacial score (nSPS) is 10.5. The van der Waals surface area contributed by atoms with E-state index in [-0.39, 0.29) is 5.96 Å². The van der Waals surface area contributed by atoms with Crippen LogP contribution in [0.3, 0.4) is 0 Å². The highest BCUT2D eigenvalue weighted by atomic mass is 16.5. The first-order chi connectivity index (χ1) is 10.1. The Labute approximate surface area is 124 Å². The van der Waals surface area contributed by atoms with Crippen LogP contribution < -0.4 is 21.3 Å².